The number of hydrogen-bond acceptors (Lipinski definition) is 8. The summed E-state index contributed by atoms with van der Waals surface area (Å²) in [6, 6.07) is 10.7. The minimum Gasteiger partial charge on any atom is -0.507 e. The Hall–Kier alpha value is -3.69. The Kier molecular flexibility index (Phi) is 7.65. The zero-order valence-electron chi connectivity index (χ0n) is 20.7. The second kappa shape index (κ2) is 10.7. The molecule has 0 bridgehead atoms. The van der Waals surface area contributed by atoms with Gasteiger partial charge < -0.3 is 14.6 Å². The molecule has 1 N–H and O–H groups in total. The van der Waals surface area contributed by atoms with Gasteiger partial charge in [0.2, 0.25) is 0 Å². The van der Waals surface area contributed by atoms with Gasteiger partial charge in [0.25, 0.3) is 5.78 Å². The molecule has 1 fully saturated rings. The van der Waals surface area contributed by atoms with Crippen LogP contribution in [0.15, 0.2) is 48.0 Å². The highest BCUT2D eigenvalue weighted by molar-refractivity contribution is 7.17. The summed E-state index contributed by atoms with van der Waals surface area (Å²) in [7, 11) is 0. The molecule has 2 heterocycles. The van der Waals surface area contributed by atoms with E-state index in [0.29, 0.717) is 34.2 Å². The minimum absolute atomic E-state index is 0.110. The van der Waals surface area contributed by atoms with Crippen molar-refractivity contribution in [3.05, 3.63) is 80.3 Å². The third-order valence-corrected chi connectivity index (χ3v) is 7.18. The summed E-state index contributed by atoms with van der Waals surface area (Å²) < 4.78 is 10.7. The number of ketones is 1. The molecular weight excluding hydrogens is 516 g/mol. The lowest BCUT2D eigenvalue weighted by Crippen LogP contribution is -2.29. The number of thiazole rings is 1. The molecule has 1 amide bonds. The summed E-state index contributed by atoms with van der Waals surface area (Å²) in [6.45, 7) is 7.67. The highest BCUT2D eigenvalue weighted by Gasteiger charge is 2.48. The fraction of sp³-hybridized carbons (Fsp3) is 0.259. The molecule has 8 nitrogen and oxygen atoms in total. The first-order valence-corrected chi connectivity index (χ1v) is 12.8. The normalized spacial score (nSPS) is 16.8. The molecule has 1 saturated heterocycles. The molecule has 1 aliphatic heterocycles. The molecule has 10 heteroatoms. The largest absolute Gasteiger partial charge is 0.507 e. The van der Waals surface area contributed by atoms with Crippen LogP contribution in [0.4, 0.5) is 5.13 Å². The molecule has 0 unspecified atom stereocenters. The predicted octanol–water partition coefficient (Wildman–Crippen LogP) is 5.62. The number of esters is 1. The van der Waals surface area contributed by atoms with Crippen LogP contribution in [0.5, 0.6) is 5.75 Å². The van der Waals surface area contributed by atoms with E-state index in [0.717, 1.165) is 16.9 Å². The summed E-state index contributed by atoms with van der Waals surface area (Å²) in [5, 5.41) is 11.9. The smallest absolute Gasteiger partial charge is 0.350 e. The van der Waals surface area contributed by atoms with Crippen molar-refractivity contribution < 1.29 is 29.0 Å². The summed E-state index contributed by atoms with van der Waals surface area (Å²) in [5.41, 5.74) is 1.87. The maximum atomic E-state index is 13.4. The van der Waals surface area contributed by atoms with Crippen LogP contribution in [0, 0.1) is 13.8 Å². The van der Waals surface area contributed by atoms with E-state index in [2.05, 4.69) is 4.98 Å². The van der Waals surface area contributed by atoms with Gasteiger partial charge in [-0.15, -0.1) is 0 Å². The van der Waals surface area contributed by atoms with E-state index in [1.165, 1.54) is 4.90 Å². The number of benzene rings is 2. The predicted molar refractivity (Wildman–Crippen MR) is 141 cm³/mol. The van der Waals surface area contributed by atoms with E-state index in [1.807, 2.05) is 13.8 Å². The molecular formula is C27H25ClN2O6S. The van der Waals surface area contributed by atoms with Crippen LogP contribution in [0.3, 0.4) is 0 Å². The van der Waals surface area contributed by atoms with Gasteiger partial charge in [-0.2, -0.15) is 0 Å². The number of halogens is 1. The van der Waals surface area contributed by atoms with Gasteiger partial charge in [0.15, 0.2) is 5.13 Å². The van der Waals surface area contributed by atoms with Crippen molar-refractivity contribution in [2.24, 2.45) is 0 Å². The van der Waals surface area contributed by atoms with Gasteiger partial charge in [0.1, 0.15) is 16.4 Å². The standard InChI is InChI=1S/C27H25ClN2O6S/c1-5-35-19-11-10-17(12-14(19)3)22(31)20-21(16-8-7-9-18(28)13-16)30(25(33)23(20)32)27-29-15(4)24(37-27)26(34)36-6-2/h7-13,21,31H,5-6H2,1-4H3/t21-/m1/s1. The number of rotatable bonds is 7. The highest BCUT2D eigenvalue weighted by atomic mass is 35.5. The maximum Gasteiger partial charge on any atom is 0.350 e. The van der Waals surface area contributed by atoms with Crippen molar-refractivity contribution >= 4 is 51.5 Å². The maximum absolute atomic E-state index is 13.4. The number of nitrogens with zero attached hydrogens (tertiary/aromatic N) is 2. The van der Waals surface area contributed by atoms with Gasteiger partial charge >= 0.3 is 11.9 Å². The van der Waals surface area contributed by atoms with Crippen LogP contribution < -0.4 is 9.64 Å². The second-order valence-corrected chi connectivity index (χ2v) is 9.68. The minimum atomic E-state index is -1.02. The fourth-order valence-electron chi connectivity index (χ4n) is 4.16. The fourth-order valence-corrected chi connectivity index (χ4v) is 5.35. The van der Waals surface area contributed by atoms with Crippen molar-refractivity contribution in [3.63, 3.8) is 0 Å². The van der Waals surface area contributed by atoms with E-state index in [-0.39, 0.29) is 27.9 Å². The van der Waals surface area contributed by atoms with Crippen molar-refractivity contribution in [3.8, 4) is 5.75 Å². The Bertz CT molecular complexity index is 1430. The van der Waals surface area contributed by atoms with Crippen LogP contribution in [0.1, 0.15) is 51.9 Å². The molecule has 1 aliphatic rings. The number of hydrogen-bond donors (Lipinski definition) is 1. The zero-order valence-corrected chi connectivity index (χ0v) is 22.3. The lowest BCUT2D eigenvalue weighted by Gasteiger charge is -2.23. The number of aliphatic hydroxyl groups excluding tert-OH is 1. The Balaban J connectivity index is 1.90. The van der Waals surface area contributed by atoms with E-state index in [4.69, 9.17) is 21.1 Å². The second-order valence-electron chi connectivity index (χ2n) is 8.27. The molecule has 0 radical (unpaired) electrons. The number of carbonyl (C=O) groups is 3. The van der Waals surface area contributed by atoms with E-state index < -0.39 is 23.7 Å². The molecule has 192 valence electrons. The SMILES string of the molecule is CCOC(=O)c1sc(N2C(=O)C(=O)C(=C(O)c3ccc(OCC)c(C)c3)[C@H]2c2cccc(Cl)c2)nc1C. The van der Waals surface area contributed by atoms with Gasteiger partial charge in [-0.25, -0.2) is 9.78 Å². The van der Waals surface area contributed by atoms with Gasteiger partial charge in [-0.05, 0) is 69.2 Å². The topological polar surface area (TPSA) is 106 Å². The number of Topliss-reactive ketones (excluding diaryl/α,β-unsaturated/α-hetero) is 1. The van der Waals surface area contributed by atoms with Crippen LogP contribution in [-0.2, 0) is 14.3 Å². The van der Waals surface area contributed by atoms with Crippen LogP contribution in [0.2, 0.25) is 5.02 Å². The first-order valence-electron chi connectivity index (χ1n) is 11.6. The molecule has 37 heavy (non-hydrogen) atoms. The van der Waals surface area contributed by atoms with Crippen LogP contribution >= 0.6 is 22.9 Å². The van der Waals surface area contributed by atoms with Crippen molar-refractivity contribution in [1.29, 1.82) is 0 Å². The number of aromatic nitrogens is 1. The molecule has 2 aromatic carbocycles. The molecule has 0 aliphatic carbocycles. The molecule has 0 saturated carbocycles. The van der Waals surface area contributed by atoms with E-state index in [1.54, 1.807) is 56.3 Å². The average molecular weight is 541 g/mol. The molecule has 4 rings (SSSR count). The first-order chi connectivity index (χ1) is 17.7. The molecule has 3 aromatic rings. The first kappa shape index (κ1) is 26.4. The Morgan fingerprint density at radius 1 is 1.14 bits per heavy atom. The Morgan fingerprint density at radius 3 is 2.54 bits per heavy atom. The summed E-state index contributed by atoms with van der Waals surface area (Å²) in [6.07, 6.45) is 0. The Morgan fingerprint density at radius 2 is 1.89 bits per heavy atom. The number of amides is 1. The third-order valence-electron chi connectivity index (χ3n) is 5.81. The quantitative estimate of drug-likeness (QED) is 0.179. The number of ether oxygens (including phenoxy) is 2. The number of carbonyl (C=O) groups excluding carboxylic acids is 3. The summed E-state index contributed by atoms with van der Waals surface area (Å²) in [4.78, 5) is 45.0. The number of anilines is 1. The highest BCUT2D eigenvalue weighted by Crippen LogP contribution is 2.44. The number of aliphatic hydroxyl groups is 1. The molecule has 0 spiro atoms. The van der Waals surface area contributed by atoms with E-state index in [9.17, 15) is 19.5 Å². The van der Waals surface area contributed by atoms with Gasteiger partial charge in [0, 0.05) is 10.6 Å². The number of aryl methyl sites for hydroxylation is 2. The van der Waals surface area contributed by atoms with Crippen LogP contribution in [0.25, 0.3) is 5.76 Å². The summed E-state index contributed by atoms with van der Waals surface area (Å²) in [5.74, 6) is -2.01. The third kappa shape index (κ3) is 4.97. The van der Waals surface area contributed by atoms with E-state index >= 15 is 0 Å². The van der Waals surface area contributed by atoms with Crippen molar-refractivity contribution in [2.75, 3.05) is 18.1 Å². The molecule has 1 aromatic heterocycles. The lowest BCUT2D eigenvalue weighted by molar-refractivity contribution is -0.132. The summed E-state index contributed by atoms with van der Waals surface area (Å²) >= 11 is 7.20. The lowest BCUT2D eigenvalue weighted by atomic mass is 9.95. The zero-order chi connectivity index (χ0) is 26.9. The Labute approximate surface area is 223 Å². The van der Waals surface area contributed by atoms with Crippen molar-refractivity contribution in [2.45, 2.75) is 33.7 Å². The van der Waals surface area contributed by atoms with Gasteiger partial charge in [-0.3, -0.25) is 14.5 Å². The van der Waals surface area contributed by atoms with Crippen molar-refractivity contribution in [1.82, 2.24) is 4.98 Å². The molecule has 1 atom stereocenters. The van der Waals surface area contributed by atoms with Crippen LogP contribution in [-0.4, -0.2) is 41.0 Å². The van der Waals surface area contributed by atoms with Gasteiger partial charge in [-0.1, -0.05) is 35.1 Å². The van der Waals surface area contributed by atoms with Gasteiger partial charge in [0.05, 0.1) is 30.5 Å². The monoisotopic (exact) mass is 540 g/mol. The average Bonchev–Trinajstić information content (AvgIpc) is 3.37.